The van der Waals surface area contributed by atoms with E-state index in [2.05, 4.69) is 29.2 Å². The fraction of sp³-hybridized carbons (Fsp3) is 0.682. The highest BCUT2D eigenvalue weighted by Gasteiger charge is 2.54. The molecule has 0 unspecified atom stereocenters. The first-order valence-electron chi connectivity index (χ1n) is 10.2. The number of nitrogens with zero attached hydrogens (tertiary/aromatic N) is 1. The van der Waals surface area contributed by atoms with E-state index in [4.69, 9.17) is 0 Å². The molecule has 2 nitrogen and oxygen atoms in total. The van der Waals surface area contributed by atoms with E-state index < -0.39 is 0 Å². The van der Waals surface area contributed by atoms with Crippen LogP contribution in [0.5, 0.6) is 0 Å². The normalized spacial score (nSPS) is 45.4. The van der Waals surface area contributed by atoms with E-state index >= 15 is 0 Å². The lowest BCUT2D eigenvalue weighted by Gasteiger charge is -2.56. The highest BCUT2D eigenvalue weighted by molar-refractivity contribution is 5.83. The molecular weight excluding hydrogens is 294 g/mol. The quantitative estimate of drug-likeness (QED) is 0.765. The molecule has 2 heteroatoms. The fourth-order valence-corrected chi connectivity index (χ4v) is 7.56. The Bertz CT molecular complexity index is 667. The van der Waals surface area contributed by atoms with Crippen LogP contribution in [0.4, 0.5) is 0 Å². The van der Waals surface area contributed by atoms with Crippen molar-refractivity contribution >= 4 is 5.91 Å². The number of rotatable bonds is 1. The Morgan fingerprint density at radius 2 is 1.58 bits per heavy atom. The van der Waals surface area contributed by atoms with Crippen molar-refractivity contribution in [3.8, 4) is 0 Å². The van der Waals surface area contributed by atoms with Gasteiger partial charge in [0.05, 0.1) is 0 Å². The zero-order valence-corrected chi connectivity index (χ0v) is 14.4. The lowest BCUT2D eigenvalue weighted by Crippen LogP contribution is -2.56. The zero-order chi connectivity index (χ0) is 15.8. The van der Waals surface area contributed by atoms with E-state index in [1.54, 1.807) is 0 Å². The molecule has 1 heterocycles. The molecule has 4 bridgehead atoms. The van der Waals surface area contributed by atoms with Crippen LogP contribution in [-0.2, 0) is 11.2 Å². The number of aryl methyl sites for hydroxylation is 1. The van der Waals surface area contributed by atoms with E-state index in [0.717, 1.165) is 43.1 Å². The average Bonchev–Trinajstić information content (AvgIpc) is 2.91. The van der Waals surface area contributed by atoms with Crippen molar-refractivity contribution in [1.29, 1.82) is 0 Å². The Morgan fingerprint density at radius 1 is 0.875 bits per heavy atom. The van der Waals surface area contributed by atoms with Crippen LogP contribution in [0.15, 0.2) is 24.3 Å². The van der Waals surface area contributed by atoms with Crippen molar-refractivity contribution in [3.63, 3.8) is 0 Å². The van der Waals surface area contributed by atoms with Crippen molar-refractivity contribution in [2.45, 2.75) is 56.9 Å². The van der Waals surface area contributed by atoms with Crippen molar-refractivity contribution in [2.24, 2.45) is 29.6 Å². The minimum atomic E-state index is 0.275. The second-order valence-electron chi connectivity index (χ2n) is 9.36. The molecule has 1 saturated heterocycles. The number of benzene rings is 1. The number of fused-ring (bicyclic) bond motifs is 3. The summed E-state index contributed by atoms with van der Waals surface area (Å²) >= 11 is 0. The second kappa shape index (κ2) is 4.86. The number of carbonyl (C=O) groups excluding carboxylic acids is 1. The van der Waals surface area contributed by atoms with E-state index in [9.17, 15) is 4.79 Å². The number of likely N-dealkylation sites (tertiary alicyclic amines) is 1. The Kier molecular flexibility index (Phi) is 2.82. The Labute approximate surface area is 144 Å². The first kappa shape index (κ1) is 13.9. The summed E-state index contributed by atoms with van der Waals surface area (Å²) in [6, 6.07) is 9.48. The first-order chi connectivity index (χ1) is 11.8. The predicted molar refractivity (Wildman–Crippen MR) is 93.5 cm³/mol. The van der Waals surface area contributed by atoms with Crippen LogP contribution in [0.25, 0.3) is 0 Å². The molecular formula is C22H27NO. The maximum Gasteiger partial charge on any atom is 0.226 e. The van der Waals surface area contributed by atoms with Crippen LogP contribution in [-0.4, -0.2) is 23.4 Å². The molecule has 6 aliphatic rings. The van der Waals surface area contributed by atoms with Gasteiger partial charge in [0.1, 0.15) is 0 Å². The number of amides is 1. The van der Waals surface area contributed by atoms with Gasteiger partial charge in [-0.3, -0.25) is 4.79 Å². The molecule has 2 atom stereocenters. The van der Waals surface area contributed by atoms with Crippen molar-refractivity contribution < 1.29 is 4.79 Å². The van der Waals surface area contributed by atoms with Gasteiger partial charge >= 0.3 is 0 Å². The monoisotopic (exact) mass is 321 g/mol. The molecule has 24 heavy (non-hydrogen) atoms. The molecule has 1 aromatic carbocycles. The van der Waals surface area contributed by atoms with Gasteiger partial charge < -0.3 is 4.90 Å². The molecule has 5 fully saturated rings. The third kappa shape index (κ3) is 1.80. The summed E-state index contributed by atoms with van der Waals surface area (Å²) in [4.78, 5) is 15.7. The molecule has 1 aromatic rings. The third-order valence-corrected chi connectivity index (χ3v) is 8.20. The fourth-order valence-electron chi connectivity index (χ4n) is 7.56. The summed E-state index contributed by atoms with van der Waals surface area (Å²) in [6.07, 6.45) is 9.30. The summed E-state index contributed by atoms with van der Waals surface area (Å²) in [6.45, 7) is 1.01. The molecule has 0 spiro atoms. The third-order valence-electron chi connectivity index (χ3n) is 8.20. The molecule has 4 saturated carbocycles. The summed E-state index contributed by atoms with van der Waals surface area (Å²) in [5, 5.41) is 0. The standard InChI is InChI=1S/C22H27NO/c24-22-19-6-5-15-3-1-2-4-18(15)20(19)12-23(22)21-16-8-13-7-14(10-16)11-17(21)9-13/h1-4,13-14,16-17,19-21H,5-12H2/t13?,14?,16?,17?,19-,20+,21?/m1/s1. The largest absolute Gasteiger partial charge is 0.338 e. The lowest BCUT2D eigenvalue weighted by molar-refractivity contribution is -0.141. The topological polar surface area (TPSA) is 20.3 Å². The molecule has 126 valence electrons. The minimum absolute atomic E-state index is 0.275. The second-order valence-corrected chi connectivity index (χ2v) is 9.36. The van der Waals surface area contributed by atoms with Crippen LogP contribution < -0.4 is 0 Å². The maximum atomic E-state index is 13.3. The summed E-state index contributed by atoms with van der Waals surface area (Å²) in [5.74, 6) is 4.87. The summed E-state index contributed by atoms with van der Waals surface area (Å²) in [7, 11) is 0. The minimum Gasteiger partial charge on any atom is -0.338 e. The summed E-state index contributed by atoms with van der Waals surface area (Å²) < 4.78 is 0. The van der Waals surface area contributed by atoms with Gasteiger partial charge in [0, 0.05) is 24.4 Å². The number of hydrogen-bond donors (Lipinski definition) is 0. The van der Waals surface area contributed by atoms with Crippen molar-refractivity contribution in [2.75, 3.05) is 6.54 Å². The molecule has 0 radical (unpaired) electrons. The Balaban J connectivity index is 1.33. The van der Waals surface area contributed by atoms with Gasteiger partial charge in [-0.15, -0.1) is 0 Å². The predicted octanol–water partition coefficient (Wildman–Crippen LogP) is 4.00. The zero-order valence-electron chi connectivity index (χ0n) is 14.4. The van der Waals surface area contributed by atoms with Crippen LogP contribution >= 0.6 is 0 Å². The first-order valence-corrected chi connectivity index (χ1v) is 10.2. The van der Waals surface area contributed by atoms with E-state index in [1.165, 1.54) is 43.2 Å². The Hall–Kier alpha value is -1.31. The molecule has 0 aromatic heterocycles. The van der Waals surface area contributed by atoms with Gasteiger partial charge in [0.2, 0.25) is 5.91 Å². The maximum absolute atomic E-state index is 13.3. The van der Waals surface area contributed by atoms with Crippen LogP contribution in [0.1, 0.15) is 55.6 Å². The molecule has 7 rings (SSSR count). The number of hydrogen-bond acceptors (Lipinski definition) is 1. The smallest absolute Gasteiger partial charge is 0.226 e. The highest BCUT2D eigenvalue weighted by Crippen LogP contribution is 2.56. The highest BCUT2D eigenvalue weighted by atomic mass is 16.2. The van der Waals surface area contributed by atoms with Crippen molar-refractivity contribution in [1.82, 2.24) is 4.90 Å². The van der Waals surface area contributed by atoms with Crippen LogP contribution in [0.3, 0.4) is 0 Å². The average molecular weight is 321 g/mol. The van der Waals surface area contributed by atoms with E-state index in [-0.39, 0.29) is 5.92 Å². The van der Waals surface area contributed by atoms with Gasteiger partial charge in [-0.1, -0.05) is 24.3 Å². The number of carbonyl (C=O) groups is 1. The van der Waals surface area contributed by atoms with Crippen LogP contribution in [0.2, 0.25) is 0 Å². The lowest BCUT2D eigenvalue weighted by atomic mass is 9.54. The van der Waals surface area contributed by atoms with E-state index in [0.29, 0.717) is 17.9 Å². The van der Waals surface area contributed by atoms with E-state index in [1.807, 2.05) is 0 Å². The van der Waals surface area contributed by atoms with Crippen LogP contribution in [0, 0.1) is 29.6 Å². The van der Waals surface area contributed by atoms with Gasteiger partial charge in [0.15, 0.2) is 0 Å². The van der Waals surface area contributed by atoms with Gasteiger partial charge in [-0.2, -0.15) is 0 Å². The SMILES string of the molecule is O=C1[C@@H]2CCc3ccccc3[C@@H]2CN1C1C2CC3CC(C2)CC1C3. The van der Waals surface area contributed by atoms with Crippen molar-refractivity contribution in [3.05, 3.63) is 35.4 Å². The van der Waals surface area contributed by atoms with Gasteiger partial charge in [0.25, 0.3) is 0 Å². The molecule has 0 N–H and O–H groups in total. The summed E-state index contributed by atoms with van der Waals surface area (Å²) in [5.41, 5.74) is 2.98. The van der Waals surface area contributed by atoms with Gasteiger partial charge in [-0.25, -0.2) is 0 Å². The van der Waals surface area contributed by atoms with Gasteiger partial charge in [-0.05, 0) is 79.7 Å². The molecule has 1 amide bonds. The molecule has 5 aliphatic carbocycles. The Morgan fingerprint density at radius 3 is 2.33 bits per heavy atom. The molecule has 1 aliphatic heterocycles.